The van der Waals surface area contributed by atoms with E-state index in [1.807, 2.05) is 30.3 Å². The molecule has 1 heterocycles. The molecule has 1 aromatic heterocycles. The Morgan fingerprint density at radius 3 is 2.33 bits per heavy atom. The molecule has 0 saturated carbocycles. The van der Waals surface area contributed by atoms with E-state index in [1.165, 1.54) is 12.3 Å². The normalized spacial score (nSPS) is 10.9. The lowest BCUT2D eigenvalue weighted by Gasteiger charge is -2.11. The minimum Gasteiger partial charge on any atom is -0.497 e. The summed E-state index contributed by atoms with van der Waals surface area (Å²) in [6.45, 7) is 0. The van der Waals surface area contributed by atoms with Crippen LogP contribution in [-0.2, 0) is 4.79 Å². The Bertz CT molecular complexity index is 930. The van der Waals surface area contributed by atoms with Crippen molar-refractivity contribution in [2.45, 2.75) is 0 Å². The molecule has 0 aliphatic heterocycles. The third-order valence-corrected chi connectivity index (χ3v) is 3.70. The van der Waals surface area contributed by atoms with E-state index in [9.17, 15) is 9.59 Å². The van der Waals surface area contributed by atoms with Crippen molar-refractivity contribution in [1.29, 1.82) is 0 Å². The maximum absolute atomic E-state index is 12.7. The van der Waals surface area contributed by atoms with Crippen molar-refractivity contribution in [2.24, 2.45) is 0 Å². The number of anilines is 1. The van der Waals surface area contributed by atoms with Crippen LogP contribution < -0.4 is 15.4 Å². The van der Waals surface area contributed by atoms with E-state index < -0.39 is 11.8 Å². The summed E-state index contributed by atoms with van der Waals surface area (Å²) in [6.07, 6.45) is 2.99. The van der Waals surface area contributed by atoms with Crippen molar-refractivity contribution in [1.82, 2.24) is 5.32 Å². The molecule has 6 nitrogen and oxygen atoms in total. The van der Waals surface area contributed by atoms with Crippen LogP contribution in [0.1, 0.15) is 16.1 Å². The largest absolute Gasteiger partial charge is 0.497 e. The minimum absolute atomic E-state index is 0.0958. The van der Waals surface area contributed by atoms with Crippen LogP contribution in [-0.4, -0.2) is 18.9 Å². The highest BCUT2D eigenvalue weighted by atomic mass is 16.5. The van der Waals surface area contributed by atoms with E-state index >= 15 is 0 Å². The predicted octanol–water partition coefficient (Wildman–Crippen LogP) is 3.70. The molecule has 0 saturated heterocycles. The zero-order valence-corrected chi connectivity index (χ0v) is 14.6. The molecule has 0 fully saturated rings. The zero-order valence-electron chi connectivity index (χ0n) is 14.6. The number of benzene rings is 2. The fourth-order valence-corrected chi connectivity index (χ4v) is 2.34. The molecule has 6 heteroatoms. The van der Waals surface area contributed by atoms with E-state index in [0.717, 1.165) is 5.56 Å². The second kappa shape index (κ2) is 8.53. The summed E-state index contributed by atoms with van der Waals surface area (Å²) >= 11 is 0. The second-order valence-corrected chi connectivity index (χ2v) is 5.58. The molecular formula is C21H18N2O4. The van der Waals surface area contributed by atoms with Crippen molar-refractivity contribution in [3.8, 4) is 5.75 Å². The number of rotatable bonds is 6. The van der Waals surface area contributed by atoms with Gasteiger partial charge in [-0.2, -0.15) is 0 Å². The smallest absolute Gasteiger partial charge is 0.291 e. The molecule has 0 spiro atoms. The number of hydrogen-bond donors (Lipinski definition) is 2. The van der Waals surface area contributed by atoms with Crippen molar-refractivity contribution in [3.63, 3.8) is 0 Å². The number of carbonyl (C=O) groups is 2. The van der Waals surface area contributed by atoms with Gasteiger partial charge in [-0.3, -0.25) is 9.59 Å². The molecule has 3 rings (SSSR count). The Labute approximate surface area is 156 Å². The number of furan rings is 1. The third-order valence-electron chi connectivity index (χ3n) is 3.70. The molecule has 0 aliphatic rings. The topological polar surface area (TPSA) is 80.6 Å². The van der Waals surface area contributed by atoms with Gasteiger partial charge in [0, 0.05) is 5.69 Å². The summed E-state index contributed by atoms with van der Waals surface area (Å²) < 4.78 is 10.2. The molecule has 2 aromatic carbocycles. The molecule has 0 radical (unpaired) electrons. The first-order valence-corrected chi connectivity index (χ1v) is 8.23. The lowest BCUT2D eigenvalue weighted by atomic mass is 10.2. The highest BCUT2D eigenvalue weighted by Crippen LogP contribution is 2.16. The predicted molar refractivity (Wildman–Crippen MR) is 102 cm³/mol. The highest BCUT2D eigenvalue weighted by molar-refractivity contribution is 6.10. The molecule has 2 amide bonds. The molecule has 3 aromatic rings. The van der Waals surface area contributed by atoms with Gasteiger partial charge in [0.15, 0.2) is 5.76 Å². The number of carbonyl (C=O) groups excluding carboxylic acids is 2. The maximum atomic E-state index is 12.7. The van der Waals surface area contributed by atoms with Gasteiger partial charge in [0.1, 0.15) is 11.4 Å². The van der Waals surface area contributed by atoms with Crippen molar-refractivity contribution >= 4 is 23.6 Å². The van der Waals surface area contributed by atoms with Crippen LogP contribution in [0.25, 0.3) is 6.08 Å². The molecule has 0 aliphatic carbocycles. The summed E-state index contributed by atoms with van der Waals surface area (Å²) in [7, 11) is 1.57. The van der Waals surface area contributed by atoms with Crippen LogP contribution in [0.4, 0.5) is 5.69 Å². The molecule has 2 N–H and O–H groups in total. The lowest BCUT2D eigenvalue weighted by Crippen LogP contribution is -2.30. The maximum Gasteiger partial charge on any atom is 0.291 e. The molecule has 27 heavy (non-hydrogen) atoms. The Balaban J connectivity index is 1.82. The number of ether oxygens (including phenoxy) is 1. The van der Waals surface area contributed by atoms with E-state index in [-0.39, 0.29) is 11.5 Å². The van der Waals surface area contributed by atoms with E-state index in [4.69, 9.17) is 9.15 Å². The van der Waals surface area contributed by atoms with Gasteiger partial charge in [-0.25, -0.2) is 0 Å². The molecule has 0 bridgehead atoms. The van der Waals surface area contributed by atoms with Gasteiger partial charge in [-0.15, -0.1) is 0 Å². The van der Waals surface area contributed by atoms with E-state index in [1.54, 1.807) is 43.5 Å². The minimum atomic E-state index is -0.507. The highest BCUT2D eigenvalue weighted by Gasteiger charge is 2.16. The van der Waals surface area contributed by atoms with Crippen molar-refractivity contribution in [2.75, 3.05) is 12.4 Å². The number of amides is 2. The second-order valence-electron chi connectivity index (χ2n) is 5.58. The lowest BCUT2D eigenvalue weighted by molar-refractivity contribution is -0.113. The van der Waals surface area contributed by atoms with Crippen molar-refractivity contribution in [3.05, 3.63) is 90.0 Å². The monoisotopic (exact) mass is 362 g/mol. The molecule has 136 valence electrons. The van der Waals surface area contributed by atoms with Crippen LogP contribution in [0.2, 0.25) is 0 Å². The summed E-state index contributed by atoms with van der Waals surface area (Å²) in [5.41, 5.74) is 1.45. The Kier molecular flexibility index (Phi) is 5.69. The van der Waals surface area contributed by atoms with Crippen LogP contribution in [0.15, 0.2) is 83.1 Å². The van der Waals surface area contributed by atoms with Gasteiger partial charge in [-0.05, 0) is 48.0 Å². The van der Waals surface area contributed by atoms with E-state index in [0.29, 0.717) is 11.4 Å². The molecule has 0 unspecified atom stereocenters. The standard InChI is InChI=1S/C21H18N2O4/c1-26-17-11-9-16(10-12-17)22-20(24)18(14-15-6-3-2-4-7-15)23-21(25)19-8-5-13-27-19/h2-14H,1H3,(H,22,24)(H,23,25)/b18-14-. The van der Waals surface area contributed by atoms with Gasteiger partial charge in [0.2, 0.25) is 0 Å². The van der Waals surface area contributed by atoms with Gasteiger partial charge < -0.3 is 19.8 Å². The number of methoxy groups -OCH3 is 1. The van der Waals surface area contributed by atoms with Crippen LogP contribution in [0, 0.1) is 0 Å². The Hall–Kier alpha value is -3.80. The Morgan fingerprint density at radius 1 is 0.963 bits per heavy atom. The average molecular weight is 362 g/mol. The van der Waals surface area contributed by atoms with Crippen molar-refractivity contribution < 1.29 is 18.7 Å². The zero-order chi connectivity index (χ0) is 19.1. The molecular weight excluding hydrogens is 344 g/mol. The van der Waals surface area contributed by atoms with Gasteiger partial charge in [0.25, 0.3) is 11.8 Å². The quantitative estimate of drug-likeness (QED) is 0.655. The van der Waals surface area contributed by atoms with Gasteiger partial charge in [-0.1, -0.05) is 30.3 Å². The fraction of sp³-hybridized carbons (Fsp3) is 0.0476. The summed E-state index contributed by atoms with van der Waals surface area (Å²) in [5, 5.41) is 5.36. The van der Waals surface area contributed by atoms with Gasteiger partial charge in [0.05, 0.1) is 13.4 Å². The van der Waals surface area contributed by atoms with Crippen LogP contribution in [0.3, 0.4) is 0 Å². The molecule has 0 atom stereocenters. The first-order chi connectivity index (χ1) is 13.2. The van der Waals surface area contributed by atoms with Crippen LogP contribution >= 0.6 is 0 Å². The average Bonchev–Trinajstić information content (AvgIpc) is 3.24. The third kappa shape index (κ3) is 4.85. The first-order valence-electron chi connectivity index (χ1n) is 8.23. The first kappa shape index (κ1) is 18.0. The van der Waals surface area contributed by atoms with E-state index in [2.05, 4.69) is 10.6 Å². The summed E-state index contributed by atoms with van der Waals surface area (Å²) in [6, 6.07) is 19.3. The summed E-state index contributed by atoms with van der Waals surface area (Å²) in [5.74, 6) is -0.165. The Morgan fingerprint density at radius 2 is 1.70 bits per heavy atom. The number of hydrogen-bond acceptors (Lipinski definition) is 4. The van der Waals surface area contributed by atoms with Gasteiger partial charge >= 0.3 is 0 Å². The number of nitrogens with one attached hydrogen (secondary N) is 2. The SMILES string of the molecule is COc1ccc(NC(=O)/C(=C/c2ccccc2)NC(=O)c2ccco2)cc1. The van der Waals surface area contributed by atoms with Crippen LogP contribution in [0.5, 0.6) is 5.75 Å². The summed E-state index contributed by atoms with van der Waals surface area (Å²) in [4.78, 5) is 25.0. The fourth-order valence-electron chi connectivity index (χ4n) is 2.34.